The number of fused-ring (bicyclic) bond motifs is 1. The monoisotopic (exact) mass is 375 g/mol. The van der Waals surface area contributed by atoms with E-state index in [1.807, 2.05) is 78.2 Å². The van der Waals surface area contributed by atoms with Crippen molar-refractivity contribution >= 4 is 29.0 Å². The number of carbonyl (C=O) groups excluding carboxylic acids is 1. The van der Waals surface area contributed by atoms with Crippen LogP contribution in [-0.2, 0) is 11.2 Å². The summed E-state index contributed by atoms with van der Waals surface area (Å²) in [6, 6.07) is 21.2. The van der Waals surface area contributed by atoms with Gasteiger partial charge in [-0.2, -0.15) is 0 Å². The van der Waals surface area contributed by atoms with E-state index in [1.54, 1.807) is 6.07 Å². The van der Waals surface area contributed by atoms with Gasteiger partial charge in [-0.1, -0.05) is 66.2 Å². The number of hydrogen-bond acceptors (Lipinski definition) is 2. The Bertz CT molecular complexity index is 1120. The molecule has 2 aromatic heterocycles. The van der Waals surface area contributed by atoms with Crippen LogP contribution in [0.25, 0.3) is 16.9 Å². The second kappa shape index (κ2) is 7.25. The third-order valence-corrected chi connectivity index (χ3v) is 4.83. The van der Waals surface area contributed by atoms with Crippen molar-refractivity contribution in [3.05, 3.63) is 89.1 Å². The molecule has 0 aliphatic heterocycles. The van der Waals surface area contributed by atoms with Crippen LogP contribution in [0, 0.1) is 6.92 Å². The number of benzene rings is 2. The molecule has 5 heteroatoms. The molecular weight excluding hydrogens is 358 g/mol. The highest BCUT2D eigenvalue weighted by atomic mass is 35.5. The molecule has 2 aromatic carbocycles. The van der Waals surface area contributed by atoms with Crippen LogP contribution >= 0.6 is 11.6 Å². The Hall–Kier alpha value is -3.11. The van der Waals surface area contributed by atoms with Crippen LogP contribution in [0.2, 0.25) is 5.02 Å². The van der Waals surface area contributed by atoms with Gasteiger partial charge in [0.15, 0.2) is 0 Å². The highest BCUT2D eigenvalue weighted by Crippen LogP contribution is 2.30. The minimum Gasteiger partial charge on any atom is -0.310 e. The van der Waals surface area contributed by atoms with Crippen molar-refractivity contribution in [1.82, 2.24) is 9.38 Å². The fraction of sp³-hybridized carbons (Fsp3) is 0.0909. The van der Waals surface area contributed by atoms with Gasteiger partial charge in [0, 0.05) is 16.8 Å². The Labute approximate surface area is 162 Å². The van der Waals surface area contributed by atoms with E-state index in [0.717, 1.165) is 28.0 Å². The summed E-state index contributed by atoms with van der Waals surface area (Å²) in [5.74, 6) is 0.528. The fourth-order valence-electron chi connectivity index (χ4n) is 3.11. The third kappa shape index (κ3) is 3.44. The number of hydrogen-bond donors (Lipinski definition) is 1. The molecule has 0 aliphatic rings. The number of imidazole rings is 1. The highest BCUT2D eigenvalue weighted by Gasteiger charge is 2.18. The van der Waals surface area contributed by atoms with Crippen molar-refractivity contribution < 1.29 is 4.79 Å². The number of aromatic nitrogens is 2. The molecule has 134 valence electrons. The number of pyridine rings is 1. The van der Waals surface area contributed by atoms with E-state index in [2.05, 4.69) is 5.32 Å². The van der Waals surface area contributed by atoms with E-state index in [-0.39, 0.29) is 12.3 Å². The van der Waals surface area contributed by atoms with Gasteiger partial charge in [0.25, 0.3) is 0 Å². The first-order valence-corrected chi connectivity index (χ1v) is 9.07. The molecule has 0 aliphatic carbocycles. The molecule has 0 radical (unpaired) electrons. The predicted molar refractivity (Wildman–Crippen MR) is 109 cm³/mol. The summed E-state index contributed by atoms with van der Waals surface area (Å²) in [6.45, 7) is 2.01. The van der Waals surface area contributed by atoms with E-state index < -0.39 is 0 Å². The van der Waals surface area contributed by atoms with Gasteiger partial charge in [-0.15, -0.1) is 0 Å². The lowest BCUT2D eigenvalue weighted by atomic mass is 10.1. The summed E-state index contributed by atoms with van der Waals surface area (Å²) in [5, 5.41) is 3.63. The fourth-order valence-corrected chi connectivity index (χ4v) is 3.31. The van der Waals surface area contributed by atoms with Crippen LogP contribution in [-0.4, -0.2) is 15.3 Å². The zero-order valence-corrected chi connectivity index (χ0v) is 15.6. The van der Waals surface area contributed by atoms with Gasteiger partial charge in [0.2, 0.25) is 5.91 Å². The normalized spacial score (nSPS) is 10.9. The molecule has 0 unspecified atom stereocenters. The van der Waals surface area contributed by atoms with Crippen LogP contribution in [0.1, 0.15) is 11.1 Å². The Morgan fingerprint density at radius 3 is 2.56 bits per heavy atom. The van der Waals surface area contributed by atoms with Gasteiger partial charge in [-0.3, -0.25) is 9.20 Å². The maximum Gasteiger partial charge on any atom is 0.230 e. The molecule has 2 heterocycles. The number of rotatable bonds is 4. The van der Waals surface area contributed by atoms with Crippen molar-refractivity contribution in [2.45, 2.75) is 13.3 Å². The third-order valence-electron chi connectivity index (χ3n) is 4.46. The average molecular weight is 376 g/mol. The lowest BCUT2D eigenvalue weighted by Gasteiger charge is -2.09. The molecule has 0 atom stereocenters. The Morgan fingerprint density at radius 2 is 1.78 bits per heavy atom. The standard InChI is InChI=1S/C22H18ClN3O/c1-15-8-7-13-26-21(15)25-20(16-9-3-2-4-10-16)22(26)24-19(27)14-17-11-5-6-12-18(17)23/h2-13H,14H2,1H3,(H,24,27). The highest BCUT2D eigenvalue weighted by molar-refractivity contribution is 6.31. The van der Waals surface area contributed by atoms with Crippen molar-refractivity contribution in [2.75, 3.05) is 5.32 Å². The summed E-state index contributed by atoms with van der Waals surface area (Å²) in [7, 11) is 0. The topological polar surface area (TPSA) is 46.4 Å². The van der Waals surface area contributed by atoms with Gasteiger partial charge in [0.1, 0.15) is 17.2 Å². The summed E-state index contributed by atoms with van der Waals surface area (Å²) in [5.41, 5.74) is 4.36. The molecule has 0 fully saturated rings. The van der Waals surface area contributed by atoms with Crippen LogP contribution in [0.3, 0.4) is 0 Å². The van der Waals surface area contributed by atoms with E-state index in [1.165, 1.54) is 0 Å². The van der Waals surface area contributed by atoms with Crippen LogP contribution in [0.5, 0.6) is 0 Å². The second-order valence-corrected chi connectivity index (χ2v) is 6.78. The van der Waals surface area contributed by atoms with E-state index in [4.69, 9.17) is 16.6 Å². The molecule has 1 amide bonds. The van der Waals surface area contributed by atoms with E-state index >= 15 is 0 Å². The quantitative estimate of drug-likeness (QED) is 0.536. The summed E-state index contributed by atoms with van der Waals surface area (Å²) in [4.78, 5) is 17.5. The molecule has 0 saturated carbocycles. The van der Waals surface area contributed by atoms with Crippen molar-refractivity contribution in [1.29, 1.82) is 0 Å². The van der Waals surface area contributed by atoms with Gasteiger partial charge < -0.3 is 5.32 Å². The Morgan fingerprint density at radius 1 is 1.04 bits per heavy atom. The molecular formula is C22H18ClN3O. The second-order valence-electron chi connectivity index (χ2n) is 6.38. The SMILES string of the molecule is Cc1cccn2c(NC(=O)Cc3ccccc3Cl)c(-c3ccccc3)nc12. The predicted octanol–water partition coefficient (Wildman–Crippen LogP) is 5.14. The average Bonchev–Trinajstić information content (AvgIpc) is 3.04. The number of carbonyl (C=O) groups is 1. The van der Waals surface area contributed by atoms with E-state index in [0.29, 0.717) is 10.8 Å². The number of anilines is 1. The zero-order valence-electron chi connectivity index (χ0n) is 14.8. The lowest BCUT2D eigenvalue weighted by molar-refractivity contribution is -0.115. The van der Waals surface area contributed by atoms with Gasteiger partial charge in [-0.25, -0.2) is 4.98 Å². The van der Waals surface area contributed by atoms with Crippen molar-refractivity contribution in [2.24, 2.45) is 0 Å². The molecule has 4 aromatic rings. The molecule has 0 saturated heterocycles. The molecule has 27 heavy (non-hydrogen) atoms. The van der Waals surface area contributed by atoms with Crippen molar-refractivity contribution in [3.63, 3.8) is 0 Å². The van der Waals surface area contributed by atoms with Gasteiger partial charge in [0.05, 0.1) is 6.42 Å². The Kier molecular flexibility index (Phi) is 4.65. The maximum absolute atomic E-state index is 12.7. The van der Waals surface area contributed by atoms with Crippen molar-refractivity contribution in [3.8, 4) is 11.3 Å². The first-order valence-electron chi connectivity index (χ1n) is 8.70. The van der Waals surface area contributed by atoms with E-state index in [9.17, 15) is 4.79 Å². The zero-order chi connectivity index (χ0) is 18.8. The Balaban J connectivity index is 1.75. The molecule has 4 nitrogen and oxygen atoms in total. The molecule has 0 bridgehead atoms. The number of halogens is 1. The maximum atomic E-state index is 12.7. The number of nitrogens with zero attached hydrogens (tertiary/aromatic N) is 2. The van der Waals surface area contributed by atoms with Crippen LogP contribution in [0.15, 0.2) is 72.9 Å². The van der Waals surface area contributed by atoms with Gasteiger partial charge >= 0.3 is 0 Å². The first kappa shape index (κ1) is 17.3. The molecule has 1 N–H and O–H groups in total. The first-order chi connectivity index (χ1) is 13.1. The minimum atomic E-state index is -0.136. The summed E-state index contributed by atoms with van der Waals surface area (Å²) >= 11 is 6.20. The molecule has 0 spiro atoms. The largest absolute Gasteiger partial charge is 0.310 e. The summed E-state index contributed by atoms with van der Waals surface area (Å²) < 4.78 is 1.92. The minimum absolute atomic E-state index is 0.136. The number of aryl methyl sites for hydroxylation is 1. The lowest BCUT2D eigenvalue weighted by Crippen LogP contribution is -2.16. The van der Waals surface area contributed by atoms with Crippen LogP contribution in [0.4, 0.5) is 5.82 Å². The van der Waals surface area contributed by atoms with Crippen LogP contribution < -0.4 is 5.32 Å². The van der Waals surface area contributed by atoms with Gasteiger partial charge in [-0.05, 0) is 30.2 Å². The summed E-state index contributed by atoms with van der Waals surface area (Å²) in [6.07, 6.45) is 2.11. The number of nitrogens with one attached hydrogen (secondary N) is 1. The smallest absolute Gasteiger partial charge is 0.230 e. The number of amides is 1. The molecule has 4 rings (SSSR count).